The molecule has 0 heterocycles. The SMILES string of the molecule is CC(CO)(CO)CCl.Cc1ccc(S(N)(=O)=O)cc1. The maximum Gasteiger partial charge on any atom is 0.238 e. The van der Waals surface area contributed by atoms with Gasteiger partial charge in [0.05, 0.1) is 18.1 Å². The van der Waals surface area contributed by atoms with Gasteiger partial charge < -0.3 is 10.2 Å². The largest absolute Gasteiger partial charge is 0.396 e. The van der Waals surface area contributed by atoms with Gasteiger partial charge in [-0.25, -0.2) is 13.6 Å². The summed E-state index contributed by atoms with van der Waals surface area (Å²) in [5.74, 6) is 0.292. The van der Waals surface area contributed by atoms with Crippen LogP contribution in [-0.2, 0) is 10.0 Å². The molecule has 0 aliphatic rings. The van der Waals surface area contributed by atoms with E-state index in [0.29, 0.717) is 5.88 Å². The Morgan fingerprint density at radius 3 is 1.84 bits per heavy atom. The Kier molecular flexibility index (Phi) is 7.54. The van der Waals surface area contributed by atoms with Crippen LogP contribution in [0.2, 0.25) is 0 Å². The van der Waals surface area contributed by atoms with Crippen molar-refractivity contribution in [3.05, 3.63) is 29.8 Å². The van der Waals surface area contributed by atoms with Crippen molar-refractivity contribution in [2.45, 2.75) is 18.7 Å². The van der Waals surface area contributed by atoms with E-state index in [1.807, 2.05) is 6.92 Å². The summed E-state index contributed by atoms with van der Waals surface area (Å²) in [4.78, 5) is 0.156. The molecule has 0 saturated carbocycles. The van der Waals surface area contributed by atoms with Crippen LogP contribution in [-0.4, -0.2) is 37.7 Å². The summed E-state index contributed by atoms with van der Waals surface area (Å²) in [6.07, 6.45) is 0. The summed E-state index contributed by atoms with van der Waals surface area (Å²) in [5, 5.41) is 22.0. The molecule has 1 aromatic rings. The molecule has 4 N–H and O–H groups in total. The summed E-state index contributed by atoms with van der Waals surface area (Å²) in [7, 11) is -3.52. The number of hydrogen-bond acceptors (Lipinski definition) is 4. The number of aliphatic hydroxyl groups is 2. The Morgan fingerprint density at radius 1 is 1.21 bits per heavy atom. The van der Waals surface area contributed by atoms with Crippen molar-refractivity contribution in [2.75, 3.05) is 19.1 Å². The van der Waals surface area contributed by atoms with Crippen LogP contribution < -0.4 is 5.14 Å². The van der Waals surface area contributed by atoms with Crippen molar-refractivity contribution in [2.24, 2.45) is 10.6 Å². The molecule has 0 bridgehead atoms. The molecule has 0 aromatic heterocycles. The van der Waals surface area contributed by atoms with Gasteiger partial charge in [-0.3, -0.25) is 0 Å². The third-order valence-corrected chi connectivity index (χ3v) is 4.01. The monoisotopic (exact) mass is 309 g/mol. The zero-order chi connectivity index (χ0) is 15.1. The van der Waals surface area contributed by atoms with Crippen LogP contribution in [0, 0.1) is 12.3 Å². The first-order chi connectivity index (χ1) is 8.68. The van der Waals surface area contributed by atoms with Crippen LogP contribution >= 0.6 is 11.6 Å². The van der Waals surface area contributed by atoms with Crippen molar-refractivity contribution in [3.8, 4) is 0 Å². The zero-order valence-electron chi connectivity index (χ0n) is 11.0. The zero-order valence-corrected chi connectivity index (χ0v) is 12.6. The second-order valence-electron chi connectivity index (χ2n) is 4.62. The molecule has 0 aliphatic carbocycles. The van der Waals surface area contributed by atoms with Gasteiger partial charge in [0.2, 0.25) is 10.0 Å². The van der Waals surface area contributed by atoms with Gasteiger partial charge in [0.1, 0.15) is 0 Å². The number of benzene rings is 1. The Bertz CT molecular complexity index is 461. The topological polar surface area (TPSA) is 101 Å². The summed E-state index contributed by atoms with van der Waals surface area (Å²) >= 11 is 5.39. The van der Waals surface area contributed by atoms with Crippen molar-refractivity contribution in [1.29, 1.82) is 0 Å². The van der Waals surface area contributed by atoms with E-state index in [1.54, 1.807) is 19.1 Å². The lowest BCUT2D eigenvalue weighted by Crippen LogP contribution is -2.27. The van der Waals surface area contributed by atoms with Gasteiger partial charge in [0.25, 0.3) is 0 Å². The molecule has 0 aliphatic heterocycles. The minimum atomic E-state index is -3.52. The normalized spacial score (nSPS) is 11.7. The number of alkyl halides is 1. The van der Waals surface area contributed by atoms with E-state index in [9.17, 15) is 8.42 Å². The summed E-state index contributed by atoms with van der Waals surface area (Å²) < 4.78 is 21.4. The first kappa shape index (κ1) is 18.3. The van der Waals surface area contributed by atoms with Crippen molar-refractivity contribution >= 4 is 21.6 Å². The summed E-state index contributed by atoms with van der Waals surface area (Å²) in [5.41, 5.74) is 0.513. The molecule has 0 fully saturated rings. The van der Waals surface area contributed by atoms with Crippen LogP contribution in [0.25, 0.3) is 0 Å². The van der Waals surface area contributed by atoms with E-state index < -0.39 is 15.4 Å². The van der Waals surface area contributed by atoms with Crippen LogP contribution in [0.4, 0.5) is 0 Å². The highest BCUT2D eigenvalue weighted by atomic mass is 35.5. The Balaban J connectivity index is 0.000000362. The molecule has 0 saturated heterocycles. The number of rotatable bonds is 4. The Hall–Kier alpha value is -0.660. The molecule has 5 nitrogen and oxygen atoms in total. The average molecular weight is 310 g/mol. The second-order valence-corrected chi connectivity index (χ2v) is 6.45. The lowest BCUT2D eigenvalue weighted by Gasteiger charge is -2.19. The minimum absolute atomic E-state index is 0.0625. The Morgan fingerprint density at radius 2 is 1.63 bits per heavy atom. The molecule has 7 heteroatoms. The van der Waals surface area contributed by atoms with Crippen molar-refractivity contribution in [1.82, 2.24) is 0 Å². The quantitative estimate of drug-likeness (QED) is 0.718. The predicted molar refractivity (Wildman–Crippen MR) is 75.6 cm³/mol. The second kappa shape index (κ2) is 7.81. The highest BCUT2D eigenvalue weighted by molar-refractivity contribution is 7.89. The molecule has 19 heavy (non-hydrogen) atoms. The van der Waals surface area contributed by atoms with Gasteiger partial charge in [0.15, 0.2) is 0 Å². The lowest BCUT2D eigenvalue weighted by atomic mass is 9.96. The smallest absolute Gasteiger partial charge is 0.238 e. The molecule has 0 spiro atoms. The lowest BCUT2D eigenvalue weighted by molar-refractivity contribution is 0.0884. The fraction of sp³-hybridized carbons (Fsp3) is 0.500. The van der Waals surface area contributed by atoms with E-state index in [-0.39, 0.29) is 18.1 Å². The third-order valence-electron chi connectivity index (χ3n) is 2.44. The number of halogens is 1. The number of primary sulfonamides is 1. The third kappa shape index (κ3) is 6.89. The molecule has 110 valence electrons. The first-order valence-electron chi connectivity index (χ1n) is 5.55. The van der Waals surface area contributed by atoms with Gasteiger partial charge in [-0.15, -0.1) is 11.6 Å². The molecular formula is C12H20ClNO4S. The fourth-order valence-corrected chi connectivity index (χ4v) is 1.55. The molecular weight excluding hydrogens is 290 g/mol. The minimum Gasteiger partial charge on any atom is -0.396 e. The van der Waals surface area contributed by atoms with Crippen LogP contribution in [0.3, 0.4) is 0 Å². The standard InChI is InChI=1S/C7H9NO2S.C5H11ClO2/c1-6-2-4-7(5-3-6)11(8,9)10;1-5(2-6,3-7)4-8/h2-5H,1H3,(H2,8,9,10);7-8H,2-4H2,1H3. The van der Waals surface area contributed by atoms with Crippen molar-refractivity contribution < 1.29 is 18.6 Å². The fourth-order valence-electron chi connectivity index (χ4n) is 0.862. The van der Waals surface area contributed by atoms with E-state index in [2.05, 4.69) is 0 Å². The number of hydrogen-bond donors (Lipinski definition) is 3. The average Bonchev–Trinajstić information content (AvgIpc) is 2.38. The van der Waals surface area contributed by atoms with E-state index in [4.69, 9.17) is 27.0 Å². The van der Waals surface area contributed by atoms with E-state index in [0.717, 1.165) is 5.56 Å². The van der Waals surface area contributed by atoms with Gasteiger partial charge in [-0.2, -0.15) is 0 Å². The molecule has 1 aromatic carbocycles. The maximum absolute atomic E-state index is 10.7. The van der Waals surface area contributed by atoms with Crippen LogP contribution in [0.1, 0.15) is 12.5 Å². The Labute approximate surface area is 119 Å². The van der Waals surface area contributed by atoms with Crippen LogP contribution in [0.5, 0.6) is 0 Å². The summed E-state index contributed by atoms with van der Waals surface area (Å²) in [6, 6.07) is 6.40. The van der Waals surface area contributed by atoms with E-state index >= 15 is 0 Å². The van der Waals surface area contributed by atoms with Gasteiger partial charge in [-0.05, 0) is 19.1 Å². The van der Waals surface area contributed by atoms with Gasteiger partial charge in [0, 0.05) is 11.3 Å². The van der Waals surface area contributed by atoms with Gasteiger partial charge in [-0.1, -0.05) is 24.6 Å². The highest BCUT2D eigenvalue weighted by Crippen LogP contribution is 2.14. The first-order valence-corrected chi connectivity index (χ1v) is 7.64. The maximum atomic E-state index is 10.7. The molecule has 0 radical (unpaired) electrons. The molecule has 0 atom stereocenters. The summed E-state index contributed by atoms with van der Waals surface area (Å²) in [6.45, 7) is 3.48. The predicted octanol–water partition coefficient (Wildman–Crippen LogP) is 0.859. The number of sulfonamides is 1. The van der Waals surface area contributed by atoms with Crippen LogP contribution in [0.15, 0.2) is 29.2 Å². The molecule has 0 unspecified atom stereocenters. The van der Waals surface area contributed by atoms with Gasteiger partial charge >= 0.3 is 0 Å². The number of aliphatic hydroxyl groups excluding tert-OH is 2. The highest BCUT2D eigenvalue weighted by Gasteiger charge is 2.20. The number of aryl methyl sites for hydroxylation is 1. The van der Waals surface area contributed by atoms with E-state index in [1.165, 1.54) is 12.1 Å². The molecule has 1 rings (SSSR count). The van der Waals surface area contributed by atoms with Crippen molar-refractivity contribution in [3.63, 3.8) is 0 Å². The number of nitrogens with two attached hydrogens (primary N) is 1. The molecule has 0 amide bonds.